The predicted molar refractivity (Wildman–Crippen MR) is 76.5 cm³/mol. The van der Waals surface area contributed by atoms with Crippen molar-refractivity contribution in [2.24, 2.45) is 5.92 Å². The minimum atomic E-state index is 0.830. The average molecular weight is 243 g/mol. The molecule has 2 nitrogen and oxygen atoms in total. The Balaban J connectivity index is 2.89. The molecule has 0 aliphatic rings. The van der Waals surface area contributed by atoms with Crippen molar-refractivity contribution in [1.82, 2.24) is 5.32 Å². The summed E-state index contributed by atoms with van der Waals surface area (Å²) >= 11 is 0. The molecule has 104 valence electrons. The largest absolute Gasteiger partial charge is 0.380 e. The number of rotatable bonds is 13. The van der Waals surface area contributed by atoms with E-state index in [1.54, 1.807) is 0 Å². The van der Waals surface area contributed by atoms with Crippen LogP contribution in [0.25, 0.3) is 0 Å². The molecule has 0 amide bonds. The van der Waals surface area contributed by atoms with Crippen molar-refractivity contribution in [3.63, 3.8) is 0 Å². The molecule has 0 heterocycles. The van der Waals surface area contributed by atoms with Gasteiger partial charge in [0.05, 0.1) is 6.61 Å². The molecule has 0 atom stereocenters. The number of ether oxygens (including phenoxy) is 1. The van der Waals surface area contributed by atoms with Crippen LogP contribution < -0.4 is 5.32 Å². The Morgan fingerprint density at radius 2 is 1.65 bits per heavy atom. The maximum Gasteiger partial charge on any atom is 0.0590 e. The minimum Gasteiger partial charge on any atom is -0.380 e. The summed E-state index contributed by atoms with van der Waals surface area (Å²) in [6.07, 6.45) is 9.23. The molecule has 0 spiro atoms. The van der Waals surface area contributed by atoms with Crippen LogP contribution in [0.1, 0.15) is 65.7 Å². The quantitative estimate of drug-likeness (QED) is 0.494. The zero-order valence-corrected chi connectivity index (χ0v) is 12.3. The summed E-state index contributed by atoms with van der Waals surface area (Å²) in [4.78, 5) is 0. The van der Waals surface area contributed by atoms with E-state index in [1.807, 2.05) is 0 Å². The van der Waals surface area contributed by atoms with Crippen LogP contribution in [0.4, 0.5) is 0 Å². The van der Waals surface area contributed by atoms with Gasteiger partial charge in [-0.2, -0.15) is 0 Å². The second-order valence-corrected chi connectivity index (χ2v) is 5.31. The Labute approximate surface area is 109 Å². The van der Waals surface area contributed by atoms with Gasteiger partial charge in [-0.3, -0.25) is 0 Å². The molecule has 0 aromatic carbocycles. The van der Waals surface area contributed by atoms with Gasteiger partial charge in [-0.05, 0) is 31.7 Å². The first-order chi connectivity index (χ1) is 8.27. The first-order valence-corrected chi connectivity index (χ1v) is 7.55. The monoisotopic (exact) mass is 243 g/mol. The first-order valence-electron chi connectivity index (χ1n) is 7.55. The molecule has 0 aliphatic carbocycles. The normalized spacial score (nSPS) is 11.3. The fourth-order valence-corrected chi connectivity index (χ4v) is 1.81. The van der Waals surface area contributed by atoms with Gasteiger partial charge in [0.1, 0.15) is 0 Å². The first kappa shape index (κ1) is 16.9. The Morgan fingerprint density at radius 1 is 0.882 bits per heavy atom. The van der Waals surface area contributed by atoms with E-state index in [2.05, 4.69) is 26.1 Å². The lowest BCUT2D eigenvalue weighted by Crippen LogP contribution is -2.21. The van der Waals surface area contributed by atoms with Crippen LogP contribution in [0.5, 0.6) is 0 Å². The van der Waals surface area contributed by atoms with Gasteiger partial charge in [-0.25, -0.2) is 0 Å². The van der Waals surface area contributed by atoms with E-state index in [0.717, 1.165) is 32.2 Å². The molecule has 0 aliphatic heterocycles. The molecule has 1 N–H and O–H groups in total. The standard InChI is InChI=1S/C15H33NO/c1-4-5-6-7-8-13-17-14-12-16-11-9-10-15(2)3/h15-16H,4-14H2,1-3H3. The fraction of sp³-hybridized carbons (Fsp3) is 1.00. The van der Waals surface area contributed by atoms with Crippen LogP contribution in [-0.2, 0) is 4.74 Å². The van der Waals surface area contributed by atoms with E-state index in [4.69, 9.17) is 4.74 Å². The summed E-state index contributed by atoms with van der Waals surface area (Å²) in [5.41, 5.74) is 0. The van der Waals surface area contributed by atoms with E-state index in [0.29, 0.717) is 0 Å². The van der Waals surface area contributed by atoms with Gasteiger partial charge >= 0.3 is 0 Å². The molecular weight excluding hydrogens is 210 g/mol. The summed E-state index contributed by atoms with van der Waals surface area (Å²) in [6, 6.07) is 0. The Hall–Kier alpha value is -0.0800. The van der Waals surface area contributed by atoms with Crippen LogP contribution >= 0.6 is 0 Å². The summed E-state index contributed by atoms with van der Waals surface area (Å²) < 4.78 is 5.58. The van der Waals surface area contributed by atoms with Gasteiger partial charge in [0.2, 0.25) is 0 Å². The van der Waals surface area contributed by atoms with Gasteiger partial charge < -0.3 is 10.1 Å². The van der Waals surface area contributed by atoms with Crippen LogP contribution in [0, 0.1) is 5.92 Å². The van der Waals surface area contributed by atoms with Gasteiger partial charge in [-0.1, -0.05) is 46.5 Å². The second-order valence-electron chi connectivity index (χ2n) is 5.31. The van der Waals surface area contributed by atoms with Crippen LogP contribution in [0.15, 0.2) is 0 Å². The van der Waals surface area contributed by atoms with E-state index >= 15 is 0 Å². The fourth-order valence-electron chi connectivity index (χ4n) is 1.81. The van der Waals surface area contributed by atoms with Crippen molar-refractivity contribution in [3.05, 3.63) is 0 Å². The Bertz CT molecular complexity index is 137. The third kappa shape index (κ3) is 15.9. The molecule has 0 aromatic rings. The molecule has 0 bridgehead atoms. The molecule has 2 heteroatoms. The summed E-state index contributed by atoms with van der Waals surface area (Å²) in [7, 11) is 0. The van der Waals surface area contributed by atoms with E-state index in [9.17, 15) is 0 Å². The number of hydrogen-bond donors (Lipinski definition) is 1. The molecule has 0 aromatic heterocycles. The SMILES string of the molecule is CCCCCCCOCCNCCCC(C)C. The van der Waals surface area contributed by atoms with Gasteiger partial charge in [0.15, 0.2) is 0 Å². The van der Waals surface area contributed by atoms with Gasteiger partial charge in [0, 0.05) is 13.2 Å². The smallest absolute Gasteiger partial charge is 0.0590 e. The third-order valence-electron chi connectivity index (χ3n) is 2.95. The lowest BCUT2D eigenvalue weighted by molar-refractivity contribution is 0.131. The third-order valence-corrected chi connectivity index (χ3v) is 2.95. The van der Waals surface area contributed by atoms with E-state index in [-0.39, 0.29) is 0 Å². The maximum atomic E-state index is 5.58. The molecule has 0 saturated carbocycles. The average Bonchev–Trinajstić information content (AvgIpc) is 2.30. The zero-order valence-electron chi connectivity index (χ0n) is 12.3. The summed E-state index contributed by atoms with van der Waals surface area (Å²) in [5.74, 6) is 0.830. The van der Waals surface area contributed by atoms with Crippen molar-refractivity contribution in [1.29, 1.82) is 0 Å². The zero-order chi connectivity index (χ0) is 12.8. The number of hydrogen-bond acceptors (Lipinski definition) is 2. The van der Waals surface area contributed by atoms with Gasteiger partial charge in [0.25, 0.3) is 0 Å². The van der Waals surface area contributed by atoms with E-state index in [1.165, 1.54) is 44.9 Å². The van der Waals surface area contributed by atoms with Crippen molar-refractivity contribution in [2.75, 3.05) is 26.3 Å². The highest BCUT2D eigenvalue weighted by molar-refractivity contribution is 4.50. The molecule has 17 heavy (non-hydrogen) atoms. The van der Waals surface area contributed by atoms with E-state index < -0.39 is 0 Å². The summed E-state index contributed by atoms with van der Waals surface area (Å²) in [5, 5.41) is 3.43. The van der Waals surface area contributed by atoms with Crippen LogP contribution in [0.2, 0.25) is 0 Å². The molecular formula is C15H33NO. The topological polar surface area (TPSA) is 21.3 Å². The number of nitrogens with one attached hydrogen (secondary N) is 1. The molecule has 0 saturated heterocycles. The van der Waals surface area contributed by atoms with Crippen molar-refractivity contribution < 1.29 is 4.74 Å². The highest BCUT2D eigenvalue weighted by Gasteiger charge is 1.94. The minimum absolute atomic E-state index is 0.830. The van der Waals surface area contributed by atoms with Crippen LogP contribution in [0.3, 0.4) is 0 Å². The molecule has 0 fully saturated rings. The molecule has 0 radical (unpaired) electrons. The lowest BCUT2D eigenvalue weighted by Gasteiger charge is -2.07. The van der Waals surface area contributed by atoms with Crippen LogP contribution in [-0.4, -0.2) is 26.3 Å². The lowest BCUT2D eigenvalue weighted by atomic mass is 10.1. The molecule has 0 unspecified atom stereocenters. The predicted octanol–water partition coefficient (Wildman–Crippen LogP) is 4.00. The Morgan fingerprint density at radius 3 is 2.35 bits per heavy atom. The Kier molecular flexibility index (Phi) is 13.9. The molecule has 0 rings (SSSR count). The van der Waals surface area contributed by atoms with Crippen molar-refractivity contribution in [3.8, 4) is 0 Å². The maximum absolute atomic E-state index is 5.58. The van der Waals surface area contributed by atoms with Gasteiger partial charge in [-0.15, -0.1) is 0 Å². The van der Waals surface area contributed by atoms with Crippen molar-refractivity contribution in [2.45, 2.75) is 65.7 Å². The highest BCUT2D eigenvalue weighted by atomic mass is 16.5. The highest BCUT2D eigenvalue weighted by Crippen LogP contribution is 2.02. The summed E-state index contributed by atoms with van der Waals surface area (Å²) in [6.45, 7) is 10.8. The number of unbranched alkanes of at least 4 members (excludes halogenated alkanes) is 4. The van der Waals surface area contributed by atoms with Crippen molar-refractivity contribution >= 4 is 0 Å². The second kappa shape index (κ2) is 14.0.